The first-order valence-corrected chi connectivity index (χ1v) is 5.17. The van der Waals surface area contributed by atoms with Crippen LogP contribution in [0, 0.1) is 0 Å². The number of esters is 1. The Morgan fingerprint density at radius 1 is 1.57 bits per heavy atom. The Hall–Kier alpha value is -1.10. The van der Waals surface area contributed by atoms with E-state index in [1.165, 1.54) is 11.3 Å². The predicted molar refractivity (Wildman–Crippen MR) is 56.8 cm³/mol. The summed E-state index contributed by atoms with van der Waals surface area (Å²) in [5, 5.41) is 5.26. The van der Waals surface area contributed by atoms with Crippen LogP contribution in [0.1, 0.15) is 31.3 Å². The van der Waals surface area contributed by atoms with Crippen LogP contribution in [0.25, 0.3) is 0 Å². The fourth-order valence-corrected chi connectivity index (χ4v) is 1.45. The SMILES string of the molecule is CNc1nc(C(=O)OC(C)(C)C)cs1. The summed E-state index contributed by atoms with van der Waals surface area (Å²) >= 11 is 1.38. The van der Waals surface area contributed by atoms with Gasteiger partial charge in [-0.3, -0.25) is 0 Å². The number of ether oxygens (including phenoxy) is 1. The number of aromatic nitrogens is 1. The van der Waals surface area contributed by atoms with E-state index >= 15 is 0 Å². The van der Waals surface area contributed by atoms with Gasteiger partial charge in [-0.05, 0) is 20.8 Å². The van der Waals surface area contributed by atoms with Gasteiger partial charge in [-0.25, -0.2) is 9.78 Å². The molecule has 1 aromatic rings. The molecule has 0 atom stereocenters. The molecule has 1 heterocycles. The van der Waals surface area contributed by atoms with Crippen molar-refractivity contribution in [2.45, 2.75) is 26.4 Å². The Labute approximate surface area is 87.3 Å². The minimum absolute atomic E-state index is 0.356. The smallest absolute Gasteiger partial charge is 0.358 e. The number of hydrogen-bond donors (Lipinski definition) is 1. The molecule has 0 aliphatic rings. The van der Waals surface area contributed by atoms with Gasteiger partial charge in [-0.1, -0.05) is 0 Å². The fourth-order valence-electron chi connectivity index (χ4n) is 0.813. The molecule has 0 radical (unpaired) electrons. The van der Waals surface area contributed by atoms with Crippen LogP contribution in [0.5, 0.6) is 0 Å². The molecule has 1 rings (SSSR count). The number of hydrogen-bond acceptors (Lipinski definition) is 5. The zero-order valence-electron chi connectivity index (χ0n) is 8.75. The zero-order chi connectivity index (χ0) is 10.8. The van der Waals surface area contributed by atoms with Crippen LogP contribution in [-0.4, -0.2) is 23.6 Å². The summed E-state index contributed by atoms with van der Waals surface area (Å²) in [6.45, 7) is 5.49. The minimum atomic E-state index is -0.472. The summed E-state index contributed by atoms with van der Waals surface area (Å²) < 4.78 is 5.16. The van der Waals surface area contributed by atoms with Crippen LogP contribution in [0.3, 0.4) is 0 Å². The lowest BCUT2D eigenvalue weighted by molar-refractivity contribution is 0.00639. The first-order valence-electron chi connectivity index (χ1n) is 4.29. The van der Waals surface area contributed by atoms with Gasteiger partial charge >= 0.3 is 5.97 Å². The van der Waals surface area contributed by atoms with Crippen molar-refractivity contribution in [3.8, 4) is 0 Å². The first-order chi connectivity index (χ1) is 6.42. The fraction of sp³-hybridized carbons (Fsp3) is 0.556. The highest BCUT2D eigenvalue weighted by atomic mass is 32.1. The van der Waals surface area contributed by atoms with Crippen LogP contribution >= 0.6 is 11.3 Å². The van der Waals surface area contributed by atoms with Crippen molar-refractivity contribution in [2.24, 2.45) is 0 Å². The second-order valence-electron chi connectivity index (χ2n) is 3.79. The molecule has 0 spiro atoms. The third kappa shape index (κ3) is 2.99. The lowest BCUT2D eigenvalue weighted by Crippen LogP contribution is -2.24. The number of thiazole rings is 1. The molecule has 0 unspecified atom stereocenters. The molecule has 5 heteroatoms. The topological polar surface area (TPSA) is 51.2 Å². The van der Waals surface area contributed by atoms with E-state index in [-0.39, 0.29) is 5.97 Å². The van der Waals surface area contributed by atoms with E-state index in [4.69, 9.17) is 4.74 Å². The van der Waals surface area contributed by atoms with Crippen LogP contribution in [0.2, 0.25) is 0 Å². The summed E-state index contributed by atoms with van der Waals surface area (Å²) in [7, 11) is 1.76. The van der Waals surface area contributed by atoms with E-state index in [0.717, 1.165) is 0 Å². The number of rotatable bonds is 2. The zero-order valence-corrected chi connectivity index (χ0v) is 9.57. The Bertz CT molecular complexity index is 328. The van der Waals surface area contributed by atoms with Crippen molar-refractivity contribution in [3.05, 3.63) is 11.1 Å². The van der Waals surface area contributed by atoms with Gasteiger partial charge < -0.3 is 10.1 Å². The summed E-state index contributed by atoms with van der Waals surface area (Å²) in [6, 6.07) is 0. The van der Waals surface area contributed by atoms with Gasteiger partial charge in [0.25, 0.3) is 0 Å². The monoisotopic (exact) mass is 214 g/mol. The van der Waals surface area contributed by atoms with E-state index < -0.39 is 5.60 Å². The van der Waals surface area contributed by atoms with Crippen molar-refractivity contribution < 1.29 is 9.53 Å². The van der Waals surface area contributed by atoms with Crippen molar-refractivity contribution in [1.29, 1.82) is 0 Å². The normalized spacial score (nSPS) is 11.1. The number of carbonyl (C=O) groups excluding carboxylic acids is 1. The Morgan fingerprint density at radius 2 is 2.21 bits per heavy atom. The van der Waals surface area contributed by atoms with Crippen molar-refractivity contribution in [2.75, 3.05) is 12.4 Å². The maximum Gasteiger partial charge on any atom is 0.358 e. The quantitative estimate of drug-likeness (QED) is 0.766. The van der Waals surface area contributed by atoms with Gasteiger partial charge in [0.1, 0.15) is 5.60 Å². The maximum atomic E-state index is 11.5. The molecule has 0 fully saturated rings. The van der Waals surface area contributed by atoms with Crippen molar-refractivity contribution in [3.63, 3.8) is 0 Å². The van der Waals surface area contributed by atoms with E-state index in [1.54, 1.807) is 12.4 Å². The molecule has 1 N–H and O–H groups in total. The highest BCUT2D eigenvalue weighted by Crippen LogP contribution is 2.17. The predicted octanol–water partition coefficient (Wildman–Crippen LogP) is 2.14. The number of anilines is 1. The summed E-state index contributed by atoms with van der Waals surface area (Å²) in [5.41, 5.74) is -0.116. The van der Waals surface area contributed by atoms with Crippen molar-refractivity contribution in [1.82, 2.24) is 4.98 Å². The Balaban J connectivity index is 2.70. The van der Waals surface area contributed by atoms with Gasteiger partial charge in [-0.2, -0.15) is 0 Å². The molecule has 78 valence electrons. The Morgan fingerprint density at radius 3 is 2.64 bits per heavy atom. The van der Waals surface area contributed by atoms with Crippen LogP contribution < -0.4 is 5.32 Å². The first kappa shape index (κ1) is 11.0. The molecular formula is C9H14N2O2S. The summed E-state index contributed by atoms with van der Waals surface area (Å²) in [4.78, 5) is 15.5. The average molecular weight is 214 g/mol. The molecule has 0 aliphatic carbocycles. The number of carbonyl (C=O) groups is 1. The van der Waals surface area contributed by atoms with Crippen LogP contribution in [0.15, 0.2) is 5.38 Å². The minimum Gasteiger partial charge on any atom is -0.455 e. The molecule has 0 aromatic carbocycles. The molecule has 0 amide bonds. The average Bonchev–Trinajstić information content (AvgIpc) is 2.48. The highest BCUT2D eigenvalue weighted by molar-refractivity contribution is 7.13. The van der Waals surface area contributed by atoms with E-state index in [1.807, 2.05) is 20.8 Å². The molecule has 14 heavy (non-hydrogen) atoms. The van der Waals surface area contributed by atoms with Crippen LogP contribution in [0.4, 0.5) is 5.13 Å². The third-order valence-electron chi connectivity index (χ3n) is 1.33. The van der Waals surface area contributed by atoms with Gasteiger partial charge in [-0.15, -0.1) is 11.3 Å². The van der Waals surface area contributed by atoms with Crippen molar-refractivity contribution >= 4 is 22.4 Å². The van der Waals surface area contributed by atoms with Gasteiger partial charge in [0.15, 0.2) is 10.8 Å². The lowest BCUT2D eigenvalue weighted by Gasteiger charge is -2.18. The molecule has 4 nitrogen and oxygen atoms in total. The Kier molecular flexibility index (Phi) is 3.10. The molecular weight excluding hydrogens is 200 g/mol. The number of nitrogens with zero attached hydrogens (tertiary/aromatic N) is 1. The second kappa shape index (κ2) is 3.96. The van der Waals surface area contributed by atoms with Gasteiger partial charge in [0, 0.05) is 12.4 Å². The molecule has 0 saturated carbocycles. The molecule has 0 aliphatic heterocycles. The van der Waals surface area contributed by atoms with Gasteiger partial charge in [0.05, 0.1) is 0 Å². The number of nitrogens with one attached hydrogen (secondary N) is 1. The van der Waals surface area contributed by atoms with E-state index in [0.29, 0.717) is 10.8 Å². The molecule has 1 aromatic heterocycles. The third-order valence-corrected chi connectivity index (χ3v) is 2.19. The standard InChI is InChI=1S/C9H14N2O2S/c1-9(2,3)13-7(12)6-5-14-8(10-4)11-6/h5H,1-4H3,(H,10,11). The summed E-state index contributed by atoms with van der Waals surface area (Å²) in [5.74, 6) is -0.379. The largest absolute Gasteiger partial charge is 0.455 e. The second-order valence-corrected chi connectivity index (χ2v) is 4.65. The maximum absolute atomic E-state index is 11.5. The lowest BCUT2D eigenvalue weighted by atomic mass is 10.2. The van der Waals surface area contributed by atoms with E-state index in [9.17, 15) is 4.79 Å². The molecule has 0 saturated heterocycles. The summed E-state index contributed by atoms with van der Waals surface area (Å²) in [6.07, 6.45) is 0. The van der Waals surface area contributed by atoms with Gasteiger partial charge in [0.2, 0.25) is 0 Å². The van der Waals surface area contributed by atoms with Crippen LogP contribution in [-0.2, 0) is 4.74 Å². The van der Waals surface area contributed by atoms with E-state index in [2.05, 4.69) is 10.3 Å². The highest BCUT2D eigenvalue weighted by Gasteiger charge is 2.19. The molecule has 0 bridgehead atoms.